The van der Waals surface area contributed by atoms with Gasteiger partial charge in [-0.3, -0.25) is 4.90 Å². The van der Waals surface area contributed by atoms with Crippen LogP contribution in [-0.2, 0) is 13.1 Å². The Labute approximate surface area is 98.4 Å². The van der Waals surface area contributed by atoms with Crippen LogP contribution in [0.25, 0.3) is 0 Å². The highest BCUT2D eigenvalue weighted by Crippen LogP contribution is 2.20. The van der Waals surface area contributed by atoms with E-state index in [4.69, 9.17) is 5.73 Å². The van der Waals surface area contributed by atoms with E-state index in [9.17, 15) is 0 Å². The molecule has 1 atom stereocenters. The number of hydrogen-bond donors (Lipinski definition) is 1. The molecule has 1 aromatic carbocycles. The van der Waals surface area contributed by atoms with E-state index in [0.717, 1.165) is 12.5 Å². The fourth-order valence-corrected chi connectivity index (χ4v) is 2.47. The average Bonchev–Trinajstić information content (AvgIpc) is 2.67. The van der Waals surface area contributed by atoms with Gasteiger partial charge in [-0.25, -0.2) is 0 Å². The van der Waals surface area contributed by atoms with E-state index in [0.29, 0.717) is 6.54 Å². The minimum absolute atomic E-state index is 0.641. The lowest BCUT2D eigenvalue weighted by molar-refractivity contribution is 0.319. The first-order chi connectivity index (χ1) is 7.69. The maximum atomic E-state index is 5.64. The molecule has 88 valence electrons. The smallest absolute Gasteiger partial charge is 0.0236 e. The molecule has 0 amide bonds. The van der Waals surface area contributed by atoms with Crippen molar-refractivity contribution in [2.75, 3.05) is 13.1 Å². The van der Waals surface area contributed by atoms with Gasteiger partial charge in [0.15, 0.2) is 0 Å². The fourth-order valence-electron chi connectivity index (χ4n) is 2.47. The largest absolute Gasteiger partial charge is 0.326 e. The van der Waals surface area contributed by atoms with E-state index >= 15 is 0 Å². The predicted molar refractivity (Wildman–Crippen MR) is 68.1 cm³/mol. The van der Waals surface area contributed by atoms with Gasteiger partial charge >= 0.3 is 0 Å². The standard InChI is InChI=1S/C14H22N2/c1-11-5-6-16(9-11)10-14-4-3-13(8-15)7-12(14)2/h3-4,7,11H,5-6,8-10,15H2,1-2H3. The zero-order valence-corrected chi connectivity index (χ0v) is 10.4. The van der Waals surface area contributed by atoms with Crippen molar-refractivity contribution in [3.63, 3.8) is 0 Å². The summed E-state index contributed by atoms with van der Waals surface area (Å²) in [6.07, 6.45) is 1.35. The van der Waals surface area contributed by atoms with Crippen molar-refractivity contribution >= 4 is 0 Å². The normalized spacial score (nSPS) is 21.6. The molecule has 1 saturated heterocycles. The molecular formula is C14H22N2. The van der Waals surface area contributed by atoms with Crippen LogP contribution in [0, 0.1) is 12.8 Å². The Morgan fingerprint density at radius 2 is 2.25 bits per heavy atom. The van der Waals surface area contributed by atoms with Gasteiger partial charge in [0.05, 0.1) is 0 Å². The van der Waals surface area contributed by atoms with Crippen molar-refractivity contribution in [2.45, 2.75) is 33.4 Å². The van der Waals surface area contributed by atoms with E-state index < -0.39 is 0 Å². The van der Waals surface area contributed by atoms with Crippen LogP contribution in [0.15, 0.2) is 18.2 Å². The summed E-state index contributed by atoms with van der Waals surface area (Å²) >= 11 is 0. The summed E-state index contributed by atoms with van der Waals surface area (Å²) in [6.45, 7) is 8.76. The monoisotopic (exact) mass is 218 g/mol. The molecular weight excluding hydrogens is 196 g/mol. The molecule has 0 saturated carbocycles. The molecule has 1 unspecified atom stereocenters. The maximum Gasteiger partial charge on any atom is 0.0236 e. The summed E-state index contributed by atoms with van der Waals surface area (Å²) in [5, 5.41) is 0. The molecule has 2 rings (SSSR count). The quantitative estimate of drug-likeness (QED) is 0.843. The second-order valence-corrected chi connectivity index (χ2v) is 5.09. The van der Waals surface area contributed by atoms with Gasteiger partial charge in [0.2, 0.25) is 0 Å². The molecule has 0 bridgehead atoms. The molecule has 2 heteroatoms. The van der Waals surface area contributed by atoms with Gasteiger partial charge in [-0.05, 0) is 42.5 Å². The van der Waals surface area contributed by atoms with Gasteiger partial charge in [0.25, 0.3) is 0 Å². The number of likely N-dealkylation sites (tertiary alicyclic amines) is 1. The van der Waals surface area contributed by atoms with Crippen molar-refractivity contribution in [2.24, 2.45) is 11.7 Å². The van der Waals surface area contributed by atoms with Crippen LogP contribution in [-0.4, -0.2) is 18.0 Å². The summed E-state index contributed by atoms with van der Waals surface area (Å²) in [5.74, 6) is 0.864. The van der Waals surface area contributed by atoms with Gasteiger partial charge in [-0.2, -0.15) is 0 Å². The minimum Gasteiger partial charge on any atom is -0.326 e. The lowest BCUT2D eigenvalue weighted by atomic mass is 10.0. The molecule has 1 aliphatic heterocycles. The van der Waals surface area contributed by atoms with Crippen LogP contribution >= 0.6 is 0 Å². The number of rotatable bonds is 3. The Bertz CT molecular complexity index is 360. The molecule has 1 aliphatic rings. The number of benzene rings is 1. The topological polar surface area (TPSA) is 29.3 Å². The van der Waals surface area contributed by atoms with Crippen LogP contribution < -0.4 is 5.73 Å². The maximum absolute atomic E-state index is 5.64. The zero-order chi connectivity index (χ0) is 11.5. The highest BCUT2D eigenvalue weighted by Gasteiger charge is 2.18. The third kappa shape index (κ3) is 2.63. The van der Waals surface area contributed by atoms with Crippen LogP contribution in [0.5, 0.6) is 0 Å². The second-order valence-electron chi connectivity index (χ2n) is 5.09. The summed E-state index contributed by atoms with van der Waals surface area (Å²) < 4.78 is 0. The summed E-state index contributed by atoms with van der Waals surface area (Å²) in [4.78, 5) is 2.55. The number of nitrogens with zero attached hydrogens (tertiary/aromatic N) is 1. The predicted octanol–water partition coefficient (Wildman–Crippen LogP) is 2.30. The zero-order valence-electron chi connectivity index (χ0n) is 10.4. The van der Waals surface area contributed by atoms with Crippen molar-refractivity contribution in [3.05, 3.63) is 34.9 Å². The highest BCUT2D eigenvalue weighted by atomic mass is 15.1. The van der Waals surface area contributed by atoms with Crippen molar-refractivity contribution < 1.29 is 0 Å². The summed E-state index contributed by atoms with van der Waals surface area (Å²) in [5.41, 5.74) is 9.70. The number of hydrogen-bond acceptors (Lipinski definition) is 2. The summed E-state index contributed by atoms with van der Waals surface area (Å²) in [7, 11) is 0. The van der Waals surface area contributed by atoms with Crippen LogP contribution in [0.2, 0.25) is 0 Å². The van der Waals surface area contributed by atoms with Crippen LogP contribution in [0.1, 0.15) is 30.0 Å². The molecule has 0 spiro atoms. The fraction of sp³-hybridized carbons (Fsp3) is 0.571. The lowest BCUT2D eigenvalue weighted by Crippen LogP contribution is -2.20. The van der Waals surface area contributed by atoms with Crippen molar-refractivity contribution in [1.82, 2.24) is 4.90 Å². The van der Waals surface area contributed by atoms with Gasteiger partial charge in [0.1, 0.15) is 0 Å². The highest BCUT2D eigenvalue weighted by molar-refractivity contribution is 5.31. The first kappa shape index (κ1) is 11.6. The molecule has 16 heavy (non-hydrogen) atoms. The van der Waals surface area contributed by atoms with E-state index in [-0.39, 0.29) is 0 Å². The molecule has 1 aromatic rings. The SMILES string of the molecule is Cc1cc(CN)ccc1CN1CCC(C)C1. The van der Waals surface area contributed by atoms with Gasteiger partial charge in [-0.1, -0.05) is 25.1 Å². The van der Waals surface area contributed by atoms with E-state index in [1.165, 1.54) is 36.2 Å². The lowest BCUT2D eigenvalue weighted by Gasteiger charge is -2.17. The van der Waals surface area contributed by atoms with Crippen LogP contribution in [0.4, 0.5) is 0 Å². The Hall–Kier alpha value is -0.860. The Kier molecular flexibility index (Phi) is 3.62. The molecule has 0 radical (unpaired) electrons. The Morgan fingerprint density at radius 1 is 1.44 bits per heavy atom. The molecule has 2 N–H and O–H groups in total. The van der Waals surface area contributed by atoms with E-state index in [2.05, 4.69) is 36.9 Å². The Balaban J connectivity index is 2.04. The Morgan fingerprint density at radius 3 is 2.81 bits per heavy atom. The summed E-state index contributed by atoms with van der Waals surface area (Å²) in [6, 6.07) is 6.61. The van der Waals surface area contributed by atoms with Crippen molar-refractivity contribution in [1.29, 1.82) is 0 Å². The first-order valence-corrected chi connectivity index (χ1v) is 6.20. The molecule has 1 heterocycles. The van der Waals surface area contributed by atoms with Crippen LogP contribution in [0.3, 0.4) is 0 Å². The van der Waals surface area contributed by atoms with E-state index in [1.807, 2.05) is 0 Å². The number of aryl methyl sites for hydroxylation is 1. The molecule has 0 aliphatic carbocycles. The molecule has 1 fully saturated rings. The minimum atomic E-state index is 0.641. The molecule has 2 nitrogen and oxygen atoms in total. The third-order valence-electron chi connectivity index (χ3n) is 3.54. The second kappa shape index (κ2) is 4.98. The van der Waals surface area contributed by atoms with E-state index in [1.54, 1.807) is 0 Å². The van der Waals surface area contributed by atoms with Crippen molar-refractivity contribution in [3.8, 4) is 0 Å². The average molecular weight is 218 g/mol. The molecule has 0 aromatic heterocycles. The van der Waals surface area contributed by atoms with Gasteiger partial charge in [-0.15, -0.1) is 0 Å². The van der Waals surface area contributed by atoms with Gasteiger partial charge < -0.3 is 5.73 Å². The van der Waals surface area contributed by atoms with Gasteiger partial charge in [0, 0.05) is 19.6 Å². The number of nitrogens with two attached hydrogens (primary N) is 1. The first-order valence-electron chi connectivity index (χ1n) is 6.20. The third-order valence-corrected chi connectivity index (χ3v) is 3.54.